The summed E-state index contributed by atoms with van der Waals surface area (Å²) in [6.07, 6.45) is 18.7. The van der Waals surface area contributed by atoms with Gasteiger partial charge in [0.05, 0.1) is 13.2 Å². The molecule has 0 radical (unpaired) electrons. The molecule has 0 aromatic heterocycles. The van der Waals surface area contributed by atoms with Crippen molar-refractivity contribution in [1.29, 1.82) is 0 Å². The number of esters is 1. The summed E-state index contributed by atoms with van der Waals surface area (Å²) >= 11 is 3.47. The highest BCUT2D eigenvalue weighted by Crippen LogP contribution is 2.35. The lowest BCUT2D eigenvalue weighted by molar-refractivity contribution is -0.140. The van der Waals surface area contributed by atoms with Gasteiger partial charge in [-0.25, -0.2) is 0 Å². The Morgan fingerprint density at radius 1 is 1.20 bits per heavy atom. The molecule has 0 amide bonds. The number of allylic oxidation sites excluding steroid dienone is 3. The van der Waals surface area contributed by atoms with Gasteiger partial charge >= 0.3 is 5.97 Å². The molecule has 3 nitrogen and oxygen atoms in total. The second-order valence-corrected chi connectivity index (χ2v) is 7.57. The SMILES string of the molecule is CCCCCCC=CC1C(=CCCCCCC(=O)OC)C=C(Br)C1O. The molecule has 4 heteroatoms. The molecule has 0 spiro atoms. The molecule has 1 N–H and O–H groups in total. The maximum atomic E-state index is 11.1. The van der Waals surface area contributed by atoms with Crippen LogP contribution in [0.5, 0.6) is 0 Å². The third-order valence-corrected chi connectivity index (χ3v) is 5.27. The molecule has 1 rings (SSSR count). The van der Waals surface area contributed by atoms with Gasteiger partial charge in [-0.05, 0) is 43.8 Å². The minimum Gasteiger partial charge on any atom is -0.469 e. The second kappa shape index (κ2) is 13.3. The van der Waals surface area contributed by atoms with Crippen LogP contribution >= 0.6 is 15.9 Å². The molecule has 1 aliphatic carbocycles. The molecule has 0 saturated heterocycles. The monoisotopic (exact) mass is 412 g/mol. The van der Waals surface area contributed by atoms with E-state index in [1.165, 1.54) is 38.4 Å². The van der Waals surface area contributed by atoms with Crippen molar-refractivity contribution < 1.29 is 14.6 Å². The van der Waals surface area contributed by atoms with E-state index in [9.17, 15) is 9.90 Å². The first-order chi connectivity index (χ1) is 12.1. The Balaban J connectivity index is 2.38. The van der Waals surface area contributed by atoms with E-state index in [2.05, 4.69) is 45.8 Å². The average molecular weight is 413 g/mol. The zero-order valence-electron chi connectivity index (χ0n) is 15.7. The minimum absolute atomic E-state index is 0.0654. The van der Waals surface area contributed by atoms with Crippen LogP contribution in [0.1, 0.15) is 71.1 Å². The van der Waals surface area contributed by atoms with Gasteiger partial charge in [-0.3, -0.25) is 4.79 Å². The van der Waals surface area contributed by atoms with E-state index in [-0.39, 0.29) is 11.9 Å². The van der Waals surface area contributed by atoms with Gasteiger partial charge in [-0.2, -0.15) is 0 Å². The summed E-state index contributed by atoms with van der Waals surface area (Å²) < 4.78 is 5.51. The third-order valence-electron chi connectivity index (χ3n) is 4.57. The van der Waals surface area contributed by atoms with Crippen LogP contribution in [-0.4, -0.2) is 24.3 Å². The molecule has 2 atom stereocenters. The van der Waals surface area contributed by atoms with Crippen molar-refractivity contribution in [2.75, 3.05) is 7.11 Å². The molecule has 0 bridgehead atoms. The van der Waals surface area contributed by atoms with Gasteiger partial charge in [-0.15, -0.1) is 0 Å². The third kappa shape index (κ3) is 8.87. The van der Waals surface area contributed by atoms with Crippen molar-refractivity contribution in [3.8, 4) is 0 Å². The van der Waals surface area contributed by atoms with E-state index in [4.69, 9.17) is 0 Å². The van der Waals surface area contributed by atoms with Gasteiger partial charge in [0.25, 0.3) is 0 Å². The number of methoxy groups -OCH3 is 1. The Hall–Kier alpha value is -0.870. The fourth-order valence-electron chi connectivity index (χ4n) is 3.00. The quantitative estimate of drug-likeness (QED) is 0.249. The minimum atomic E-state index is -0.461. The molecule has 25 heavy (non-hydrogen) atoms. The van der Waals surface area contributed by atoms with E-state index in [1.54, 1.807) is 0 Å². The molecule has 2 unspecified atom stereocenters. The number of halogens is 1. The first-order valence-corrected chi connectivity index (χ1v) is 10.4. The van der Waals surface area contributed by atoms with Crippen LogP contribution in [0.4, 0.5) is 0 Å². The Kier molecular flexibility index (Phi) is 11.8. The maximum absolute atomic E-state index is 11.1. The predicted molar refractivity (Wildman–Crippen MR) is 108 cm³/mol. The van der Waals surface area contributed by atoms with Crippen LogP contribution in [0.15, 0.2) is 34.4 Å². The lowest BCUT2D eigenvalue weighted by Gasteiger charge is -2.13. The van der Waals surface area contributed by atoms with Crippen LogP contribution in [0.3, 0.4) is 0 Å². The molecular weight excluding hydrogens is 380 g/mol. The Morgan fingerprint density at radius 2 is 1.92 bits per heavy atom. The number of aliphatic hydroxyl groups excluding tert-OH is 1. The van der Waals surface area contributed by atoms with E-state index in [0.29, 0.717) is 6.42 Å². The molecule has 142 valence electrons. The zero-order chi connectivity index (χ0) is 18.5. The van der Waals surface area contributed by atoms with Gasteiger partial charge in [0.2, 0.25) is 0 Å². The fourth-order valence-corrected chi connectivity index (χ4v) is 3.55. The molecule has 0 aromatic carbocycles. The topological polar surface area (TPSA) is 46.5 Å². The predicted octanol–water partition coefficient (Wildman–Crippen LogP) is 5.83. The van der Waals surface area contributed by atoms with Crippen LogP contribution in [0.2, 0.25) is 0 Å². The van der Waals surface area contributed by atoms with Gasteiger partial charge < -0.3 is 9.84 Å². The van der Waals surface area contributed by atoms with Gasteiger partial charge in [-0.1, -0.05) is 66.8 Å². The van der Waals surface area contributed by atoms with Crippen molar-refractivity contribution in [3.63, 3.8) is 0 Å². The molecule has 0 fully saturated rings. The molecule has 0 aliphatic heterocycles. The van der Waals surface area contributed by atoms with E-state index in [1.807, 2.05) is 6.08 Å². The van der Waals surface area contributed by atoms with E-state index >= 15 is 0 Å². The summed E-state index contributed by atoms with van der Waals surface area (Å²) in [7, 11) is 1.43. The molecular formula is C21H33BrO3. The van der Waals surface area contributed by atoms with Crippen LogP contribution in [0, 0.1) is 5.92 Å². The van der Waals surface area contributed by atoms with E-state index < -0.39 is 6.10 Å². The summed E-state index contributed by atoms with van der Waals surface area (Å²) in [5.74, 6) is -0.0658. The number of unbranched alkanes of at least 4 members (excludes halogenated alkanes) is 7. The largest absolute Gasteiger partial charge is 0.469 e. The summed E-state index contributed by atoms with van der Waals surface area (Å²) in [4.78, 5) is 11.1. The highest BCUT2D eigenvalue weighted by atomic mass is 79.9. The van der Waals surface area contributed by atoms with E-state index in [0.717, 1.165) is 36.6 Å². The Labute approximate surface area is 161 Å². The Bertz CT molecular complexity index is 480. The van der Waals surface area contributed by atoms with Crippen LogP contribution in [-0.2, 0) is 9.53 Å². The summed E-state index contributed by atoms with van der Waals surface area (Å²) in [6.45, 7) is 2.22. The maximum Gasteiger partial charge on any atom is 0.305 e. The molecule has 0 heterocycles. The van der Waals surface area contributed by atoms with Crippen molar-refractivity contribution in [2.45, 2.75) is 77.2 Å². The zero-order valence-corrected chi connectivity index (χ0v) is 17.3. The second-order valence-electron chi connectivity index (χ2n) is 6.66. The molecule has 0 saturated carbocycles. The smallest absolute Gasteiger partial charge is 0.305 e. The number of carbonyl (C=O) groups excluding carboxylic acids is 1. The fraction of sp³-hybridized carbons (Fsp3) is 0.667. The number of aliphatic hydroxyl groups is 1. The summed E-state index contributed by atoms with van der Waals surface area (Å²) in [6, 6.07) is 0. The van der Waals surface area contributed by atoms with Gasteiger partial charge in [0.1, 0.15) is 0 Å². The van der Waals surface area contributed by atoms with Crippen molar-refractivity contribution in [3.05, 3.63) is 34.4 Å². The molecule has 1 aliphatic rings. The average Bonchev–Trinajstić information content (AvgIpc) is 2.88. The first kappa shape index (κ1) is 22.2. The van der Waals surface area contributed by atoms with Crippen LogP contribution < -0.4 is 0 Å². The van der Waals surface area contributed by atoms with Gasteiger partial charge in [0, 0.05) is 16.8 Å². The number of hydrogen-bond acceptors (Lipinski definition) is 3. The van der Waals surface area contributed by atoms with Crippen molar-refractivity contribution >= 4 is 21.9 Å². The lowest BCUT2D eigenvalue weighted by Crippen LogP contribution is -2.14. The van der Waals surface area contributed by atoms with Crippen LogP contribution in [0.25, 0.3) is 0 Å². The summed E-state index contributed by atoms with van der Waals surface area (Å²) in [5.41, 5.74) is 1.19. The number of hydrogen-bond donors (Lipinski definition) is 1. The standard InChI is InChI=1S/C21H33BrO3/c1-3-4-5-6-7-11-14-18-17(16-19(22)21(18)24)13-10-8-9-12-15-20(23)25-2/h11,13-14,16,18,21,24H,3-10,12,15H2,1-2H3. The summed E-state index contributed by atoms with van der Waals surface area (Å²) in [5, 5.41) is 10.3. The molecule has 0 aromatic rings. The highest BCUT2D eigenvalue weighted by Gasteiger charge is 2.28. The number of ether oxygens (including phenoxy) is 1. The van der Waals surface area contributed by atoms with Crippen molar-refractivity contribution in [2.24, 2.45) is 5.92 Å². The highest BCUT2D eigenvalue weighted by molar-refractivity contribution is 9.11. The first-order valence-electron chi connectivity index (χ1n) is 9.58. The lowest BCUT2D eigenvalue weighted by atomic mass is 9.97. The number of carbonyl (C=O) groups is 1. The van der Waals surface area contributed by atoms with Crippen molar-refractivity contribution in [1.82, 2.24) is 0 Å². The van der Waals surface area contributed by atoms with Gasteiger partial charge in [0.15, 0.2) is 0 Å². The number of rotatable bonds is 12. The normalized spacial score (nSPS) is 21.9. The Morgan fingerprint density at radius 3 is 2.64 bits per heavy atom.